The highest BCUT2D eigenvalue weighted by atomic mass is 19.1. The van der Waals surface area contributed by atoms with E-state index in [9.17, 15) is 4.39 Å². The van der Waals surface area contributed by atoms with E-state index in [1.54, 1.807) is 6.07 Å². The number of hydrogen-bond donors (Lipinski definition) is 0. The van der Waals surface area contributed by atoms with Gasteiger partial charge in [0.2, 0.25) is 0 Å². The van der Waals surface area contributed by atoms with Gasteiger partial charge in [-0.05, 0) is 23.8 Å². The van der Waals surface area contributed by atoms with Crippen LogP contribution in [-0.2, 0) is 6.54 Å². The number of piperazine rings is 1. The van der Waals surface area contributed by atoms with Crippen molar-refractivity contribution in [3.8, 4) is 5.75 Å². The van der Waals surface area contributed by atoms with Gasteiger partial charge in [-0.3, -0.25) is 14.8 Å². The average molecular weight is 327 g/mol. The highest BCUT2D eigenvalue weighted by Crippen LogP contribution is 2.26. The van der Waals surface area contributed by atoms with E-state index in [2.05, 4.69) is 20.9 Å². The Morgan fingerprint density at radius 1 is 1.17 bits per heavy atom. The van der Waals surface area contributed by atoms with E-state index in [-0.39, 0.29) is 11.9 Å². The van der Waals surface area contributed by atoms with Gasteiger partial charge in [0, 0.05) is 63.6 Å². The Labute approximate surface area is 141 Å². The van der Waals surface area contributed by atoms with Gasteiger partial charge < -0.3 is 4.74 Å². The molecule has 2 atom stereocenters. The lowest BCUT2D eigenvalue weighted by Gasteiger charge is -2.37. The molecule has 5 heteroatoms. The van der Waals surface area contributed by atoms with Crippen LogP contribution in [0.1, 0.15) is 12.0 Å². The Balaban J connectivity index is 1.34. The Kier molecular flexibility index (Phi) is 4.45. The summed E-state index contributed by atoms with van der Waals surface area (Å²) in [7, 11) is 0. The zero-order chi connectivity index (χ0) is 16.4. The molecule has 0 unspecified atom stereocenters. The second-order valence-electron chi connectivity index (χ2n) is 6.68. The lowest BCUT2D eigenvalue weighted by atomic mass is 10.1. The predicted molar refractivity (Wildman–Crippen MR) is 90.3 cm³/mol. The third-order valence-electron chi connectivity index (χ3n) is 4.89. The standard InChI is InChI=1S/C19H22FN3O/c20-16-4-1-5-18(9-16)24-19-10-17-13-22(7-8-23(17)14-19)12-15-3-2-6-21-11-15/h1-6,9,11,17,19H,7-8,10,12-14H2/t17-,19-/m1/s1. The van der Waals surface area contributed by atoms with Crippen LogP contribution in [0.2, 0.25) is 0 Å². The van der Waals surface area contributed by atoms with Crippen molar-refractivity contribution < 1.29 is 9.13 Å². The first-order valence-corrected chi connectivity index (χ1v) is 8.54. The molecular formula is C19H22FN3O. The van der Waals surface area contributed by atoms with E-state index in [1.165, 1.54) is 17.7 Å². The highest BCUT2D eigenvalue weighted by molar-refractivity contribution is 5.23. The zero-order valence-corrected chi connectivity index (χ0v) is 13.6. The fraction of sp³-hybridized carbons (Fsp3) is 0.421. The molecule has 4 nitrogen and oxygen atoms in total. The van der Waals surface area contributed by atoms with Crippen LogP contribution in [0.15, 0.2) is 48.8 Å². The molecule has 1 aromatic heterocycles. The number of halogens is 1. The molecule has 0 spiro atoms. The number of aromatic nitrogens is 1. The van der Waals surface area contributed by atoms with Crippen molar-refractivity contribution in [3.05, 3.63) is 60.2 Å². The number of pyridine rings is 1. The molecule has 2 fully saturated rings. The van der Waals surface area contributed by atoms with Gasteiger partial charge in [-0.1, -0.05) is 12.1 Å². The lowest BCUT2D eigenvalue weighted by molar-refractivity contribution is 0.0978. The molecule has 2 saturated heterocycles. The molecule has 24 heavy (non-hydrogen) atoms. The minimum absolute atomic E-state index is 0.148. The first-order valence-electron chi connectivity index (χ1n) is 8.54. The molecule has 2 aliphatic heterocycles. The van der Waals surface area contributed by atoms with Crippen LogP contribution >= 0.6 is 0 Å². The number of benzene rings is 1. The van der Waals surface area contributed by atoms with E-state index < -0.39 is 0 Å². The molecule has 126 valence electrons. The summed E-state index contributed by atoms with van der Waals surface area (Å²) in [5.74, 6) is 0.387. The minimum atomic E-state index is -0.245. The molecule has 0 bridgehead atoms. The SMILES string of the molecule is Fc1cccc(O[C@@H]2C[C@@H]3CN(Cc4cccnc4)CCN3C2)c1. The number of ether oxygens (including phenoxy) is 1. The maximum absolute atomic E-state index is 13.3. The fourth-order valence-electron chi connectivity index (χ4n) is 3.77. The first-order chi connectivity index (χ1) is 11.8. The largest absolute Gasteiger partial charge is 0.489 e. The topological polar surface area (TPSA) is 28.6 Å². The Morgan fingerprint density at radius 3 is 2.96 bits per heavy atom. The second kappa shape index (κ2) is 6.87. The van der Waals surface area contributed by atoms with Crippen molar-refractivity contribution in [3.63, 3.8) is 0 Å². The molecule has 4 rings (SSSR count). The van der Waals surface area contributed by atoms with Crippen LogP contribution in [0, 0.1) is 5.82 Å². The van der Waals surface area contributed by atoms with Crippen molar-refractivity contribution in [2.45, 2.75) is 25.1 Å². The minimum Gasteiger partial charge on any atom is -0.489 e. The molecule has 2 aliphatic rings. The van der Waals surface area contributed by atoms with E-state index in [4.69, 9.17) is 4.74 Å². The Bertz CT molecular complexity index is 681. The maximum atomic E-state index is 13.3. The summed E-state index contributed by atoms with van der Waals surface area (Å²) < 4.78 is 19.3. The predicted octanol–water partition coefficient (Wildman–Crippen LogP) is 2.56. The summed E-state index contributed by atoms with van der Waals surface area (Å²) in [6, 6.07) is 11.1. The number of rotatable bonds is 4. The smallest absolute Gasteiger partial charge is 0.126 e. The van der Waals surface area contributed by atoms with Crippen LogP contribution in [0.3, 0.4) is 0 Å². The quantitative estimate of drug-likeness (QED) is 0.863. The number of nitrogens with zero attached hydrogens (tertiary/aromatic N) is 3. The monoisotopic (exact) mass is 327 g/mol. The second-order valence-corrected chi connectivity index (χ2v) is 6.68. The molecule has 0 aliphatic carbocycles. The maximum Gasteiger partial charge on any atom is 0.126 e. The van der Waals surface area contributed by atoms with Gasteiger partial charge in [0.25, 0.3) is 0 Å². The lowest BCUT2D eigenvalue weighted by Crippen LogP contribution is -2.49. The molecule has 0 amide bonds. The molecule has 0 radical (unpaired) electrons. The van der Waals surface area contributed by atoms with Crippen molar-refractivity contribution in [2.24, 2.45) is 0 Å². The molecular weight excluding hydrogens is 305 g/mol. The summed E-state index contributed by atoms with van der Waals surface area (Å²) in [5, 5.41) is 0. The normalized spacial score (nSPS) is 24.7. The van der Waals surface area contributed by atoms with Gasteiger partial charge in [0.15, 0.2) is 0 Å². The van der Waals surface area contributed by atoms with Crippen LogP contribution in [0.4, 0.5) is 4.39 Å². The van der Waals surface area contributed by atoms with Gasteiger partial charge >= 0.3 is 0 Å². The van der Waals surface area contributed by atoms with Crippen molar-refractivity contribution in [1.29, 1.82) is 0 Å². The van der Waals surface area contributed by atoms with Crippen molar-refractivity contribution in [2.75, 3.05) is 26.2 Å². The molecule has 1 aromatic carbocycles. The van der Waals surface area contributed by atoms with Crippen LogP contribution in [-0.4, -0.2) is 53.1 Å². The third kappa shape index (κ3) is 3.57. The summed E-state index contributed by atoms with van der Waals surface area (Å²) >= 11 is 0. The third-order valence-corrected chi connectivity index (χ3v) is 4.89. The molecule has 0 N–H and O–H groups in total. The van der Waals surface area contributed by atoms with Gasteiger partial charge in [-0.25, -0.2) is 4.39 Å². The van der Waals surface area contributed by atoms with Crippen LogP contribution < -0.4 is 4.74 Å². The summed E-state index contributed by atoms with van der Waals surface area (Å²) in [5.41, 5.74) is 1.26. The number of hydrogen-bond acceptors (Lipinski definition) is 4. The van der Waals surface area contributed by atoms with E-state index in [0.29, 0.717) is 11.8 Å². The zero-order valence-electron chi connectivity index (χ0n) is 13.6. The summed E-state index contributed by atoms with van der Waals surface area (Å²) in [4.78, 5) is 9.19. The molecule has 0 saturated carbocycles. The van der Waals surface area contributed by atoms with Gasteiger partial charge in [-0.15, -0.1) is 0 Å². The van der Waals surface area contributed by atoms with Gasteiger partial charge in [-0.2, -0.15) is 0 Å². The van der Waals surface area contributed by atoms with Gasteiger partial charge in [0.05, 0.1) is 0 Å². The Hall–Kier alpha value is -1.98. The summed E-state index contributed by atoms with van der Waals surface area (Å²) in [6.45, 7) is 5.07. The number of fused-ring (bicyclic) bond motifs is 1. The van der Waals surface area contributed by atoms with Crippen molar-refractivity contribution >= 4 is 0 Å². The van der Waals surface area contributed by atoms with Gasteiger partial charge in [0.1, 0.15) is 17.7 Å². The first kappa shape index (κ1) is 15.5. The summed E-state index contributed by atoms with van der Waals surface area (Å²) in [6.07, 6.45) is 4.90. The van der Waals surface area contributed by atoms with Crippen molar-refractivity contribution in [1.82, 2.24) is 14.8 Å². The van der Waals surface area contributed by atoms with E-state index >= 15 is 0 Å². The van der Waals surface area contributed by atoms with Crippen LogP contribution in [0.5, 0.6) is 5.75 Å². The fourth-order valence-corrected chi connectivity index (χ4v) is 3.77. The average Bonchev–Trinajstić information content (AvgIpc) is 2.97. The highest BCUT2D eigenvalue weighted by Gasteiger charge is 2.37. The van der Waals surface area contributed by atoms with Crippen LogP contribution in [0.25, 0.3) is 0 Å². The molecule has 3 heterocycles. The molecule has 2 aromatic rings. The van der Waals surface area contributed by atoms with E-state index in [1.807, 2.05) is 24.5 Å². The van der Waals surface area contributed by atoms with E-state index in [0.717, 1.165) is 39.1 Å². The Morgan fingerprint density at radius 2 is 2.12 bits per heavy atom.